The van der Waals surface area contributed by atoms with Gasteiger partial charge < -0.3 is 10.2 Å². The molecule has 4 heteroatoms. The molecule has 94 valence electrons. The summed E-state index contributed by atoms with van der Waals surface area (Å²) in [5.74, 6) is 0. The Hall–Kier alpha value is -1.58. The largest absolute Gasteiger partial charge is 0.336 e. The zero-order chi connectivity index (χ0) is 12.7. The Morgan fingerprint density at radius 1 is 1.41 bits per heavy atom. The summed E-state index contributed by atoms with van der Waals surface area (Å²) in [5.41, 5.74) is 1.10. The topological polar surface area (TPSA) is 45.2 Å². The number of pyridine rings is 1. The highest BCUT2D eigenvalue weighted by Crippen LogP contribution is 2.03. The van der Waals surface area contributed by atoms with Gasteiger partial charge in [-0.2, -0.15) is 0 Å². The first kappa shape index (κ1) is 13.5. The highest BCUT2D eigenvalue weighted by atomic mass is 16.2. The summed E-state index contributed by atoms with van der Waals surface area (Å²) in [6.07, 6.45) is 4.43. The van der Waals surface area contributed by atoms with Crippen molar-refractivity contribution < 1.29 is 4.79 Å². The van der Waals surface area contributed by atoms with Gasteiger partial charge in [0.1, 0.15) is 0 Å². The van der Waals surface area contributed by atoms with Gasteiger partial charge in [0.2, 0.25) is 0 Å². The summed E-state index contributed by atoms with van der Waals surface area (Å²) in [4.78, 5) is 17.7. The Kier molecular flexibility index (Phi) is 5.46. The van der Waals surface area contributed by atoms with Crippen LogP contribution in [-0.4, -0.2) is 28.5 Å². The SMILES string of the molecule is CC[C@H](C)NC(=O)N(CC)Cc1ccncc1. The van der Waals surface area contributed by atoms with Gasteiger partial charge in [-0.1, -0.05) is 6.92 Å². The van der Waals surface area contributed by atoms with E-state index in [1.807, 2.05) is 26.0 Å². The fourth-order valence-electron chi connectivity index (χ4n) is 1.44. The van der Waals surface area contributed by atoms with Gasteiger partial charge in [-0.15, -0.1) is 0 Å². The van der Waals surface area contributed by atoms with E-state index in [9.17, 15) is 4.79 Å². The molecule has 1 aromatic rings. The fourth-order valence-corrected chi connectivity index (χ4v) is 1.44. The number of urea groups is 1. The number of nitrogens with one attached hydrogen (secondary N) is 1. The van der Waals surface area contributed by atoms with Gasteiger partial charge in [0.15, 0.2) is 0 Å². The molecule has 1 atom stereocenters. The molecule has 0 saturated carbocycles. The molecule has 2 amide bonds. The van der Waals surface area contributed by atoms with Gasteiger partial charge in [0.25, 0.3) is 0 Å². The molecule has 0 saturated heterocycles. The second kappa shape index (κ2) is 6.89. The van der Waals surface area contributed by atoms with Crippen molar-refractivity contribution in [2.24, 2.45) is 0 Å². The highest BCUT2D eigenvalue weighted by molar-refractivity contribution is 5.74. The predicted octanol–water partition coefficient (Wildman–Crippen LogP) is 2.41. The predicted molar refractivity (Wildman–Crippen MR) is 68.6 cm³/mol. The number of carbonyl (C=O) groups excluding carboxylic acids is 1. The van der Waals surface area contributed by atoms with Crippen molar-refractivity contribution in [1.29, 1.82) is 0 Å². The number of aromatic nitrogens is 1. The molecule has 1 N–H and O–H groups in total. The van der Waals surface area contributed by atoms with E-state index in [0.29, 0.717) is 13.1 Å². The van der Waals surface area contributed by atoms with E-state index < -0.39 is 0 Å². The Labute approximate surface area is 103 Å². The quantitative estimate of drug-likeness (QED) is 0.851. The molecule has 0 aromatic carbocycles. The van der Waals surface area contributed by atoms with Crippen LogP contribution in [0.2, 0.25) is 0 Å². The maximum absolute atomic E-state index is 11.9. The maximum Gasteiger partial charge on any atom is 0.317 e. The average Bonchev–Trinajstić information content (AvgIpc) is 2.36. The summed E-state index contributed by atoms with van der Waals surface area (Å²) in [6.45, 7) is 7.38. The number of rotatable bonds is 5. The second-order valence-electron chi connectivity index (χ2n) is 4.13. The van der Waals surface area contributed by atoms with Crippen LogP contribution in [0.3, 0.4) is 0 Å². The van der Waals surface area contributed by atoms with Crippen molar-refractivity contribution in [2.75, 3.05) is 6.54 Å². The first-order valence-corrected chi connectivity index (χ1v) is 6.11. The standard InChI is InChI=1S/C13H21N3O/c1-4-11(3)15-13(17)16(5-2)10-12-6-8-14-9-7-12/h6-9,11H,4-5,10H2,1-3H3,(H,15,17)/t11-/m0/s1. The smallest absolute Gasteiger partial charge is 0.317 e. The third-order valence-electron chi connectivity index (χ3n) is 2.77. The molecule has 4 nitrogen and oxygen atoms in total. The maximum atomic E-state index is 11.9. The first-order valence-electron chi connectivity index (χ1n) is 6.11. The minimum atomic E-state index is -0.00124. The fraction of sp³-hybridized carbons (Fsp3) is 0.538. The Balaban J connectivity index is 2.56. The lowest BCUT2D eigenvalue weighted by molar-refractivity contribution is 0.194. The molecule has 1 rings (SSSR count). The number of hydrogen-bond donors (Lipinski definition) is 1. The van der Waals surface area contributed by atoms with Crippen LogP contribution in [0.25, 0.3) is 0 Å². The lowest BCUT2D eigenvalue weighted by atomic mass is 10.2. The van der Waals surface area contributed by atoms with Gasteiger partial charge >= 0.3 is 6.03 Å². The molecule has 0 aliphatic heterocycles. The zero-order valence-electron chi connectivity index (χ0n) is 10.8. The van der Waals surface area contributed by atoms with E-state index >= 15 is 0 Å². The van der Waals surface area contributed by atoms with Crippen LogP contribution in [0, 0.1) is 0 Å². The van der Waals surface area contributed by atoms with Gasteiger partial charge in [0, 0.05) is 31.5 Å². The van der Waals surface area contributed by atoms with E-state index in [0.717, 1.165) is 12.0 Å². The third kappa shape index (κ3) is 4.43. The van der Waals surface area contributed by atoms with Crippen LogP contribution in [0.4, 0.5) is 4.79 Å². The van der Waals surface area contributed by atoms with Gasteiger partial charge in [-0.05, 0) is 38.0 Å². The number of nitrogens with zero attached hydrogens (tertiary/aromatic N) is 2. The Bertz CT molecular complexity index is 340. The molecule has 1 aromatic heterocycles. The minimum absolute atomic E-state index is 0.00124. The molecule has 0 radical (unpaired) electrons. The number of amides is 2. The zero-order valence-corrected chi connectivity index (χ0v) is 10.8. The minimum Gasteiger partial charge on any atom is -0.336 e. The molecular weight excluding hydrogens is 214 g/mol. The molecule has 0 aliphatic rings. The van der Waals surface area contributed by atoms with Crippen molar-refractivity contribution in [2.45, 2.75) is 39.8 Å². The van der Waals surface area contributed by atoms with Crippen molar-refractivity contribution in [1.82, 2.24) is 15.2 Å². The highest BCUT2D eigenvalue weighted by Gasteiger charge is 2.13. The summed E-state index contributed by atoms with van der Waals surface area (Å²) in [7, 11) is 0. The van der Waals surface area contributed by atoms with Crippen molar-refractivity contribution >= 4 is 6.03 Å². The summed E-state index contributed by atoms with van der Waals surface area (Å²) >= 11 is 0. The molecule has 0 unspecified atom stereocenters. The van der Waals surface area contributed by atoms with Crippen molar-refractivity contribution in [3.8, 4) is 0 Å². The van der Waals surface area contributed by atoms with Crippen molar-refractivity contribution in [3.05, 3.63) is 30.1 Å². The van der Waals surface area contributed by atoms with E-state index in [4.69, 9.17) is 0 Å². The van der Waals surface area contributed by atoms with E-state index in [1.165, 1.54) is 0 Å². The van der Waals surface area contributed by atoms with Crippen LogP contribution in [0.1, 0.15) is 32.8 Å². The lowest BCUT2D eigenvalue weighted by Gasteiger charge is -2.23. The van der Waals surface area contributed by atoms with E-state index in [1.54, 1.807) is 17.3 Å². The molecule has 0 bridgehead atoms. The van der Waals surface area contributed by atoms with Gasteiger partial charge in [-0.3, -0.25) is 4.98 Å². The van der Waals surface area contributed by atoms with Crippen molar-refractivity contribution in [3.63, 3.8) is 0 Å². The molecule has 0 fully saturated rings. The van der Waals surface area contributed by atoms with Gasteiger partial charge in [0.05, 0.1) is 0 Å². The summed E-state index contributed by atoms with van der Waals surface area (Å²) in [5, 5.41) is 2.97. The molecule has 0 spiro atoms. The molecule has 1 heterocycles. The third-order valence-corrected chi connectivity index (χ3v) is 2.77. The van der Waals surface area contributed by atoms with Crippen LogP contribution >= 0.6 is 0 Å². The Morgan fingerprint density at radius 3 is 2.59 bits per heavy atom. The average molecular weight is 235 g/mol. The van der Waals surface area contributed by atoms with Crippen LogP contribution in [0.5, 0.6) is 0 Å². The lowest BCUT2D eigenvalue weighted by Crippen LogP contribution is -2.43. The van der Waals surface area contributed by atoms with Crippen LogP contribution in [-0.2, 0) is 6.54 Å². The van der Waals surface area contributed by atoms with Crippen LogP contribution in [0.15, 0.2) is 24.5 Å². The molecule has 17 heavy (non-hydrogen) atoms. The number of hydrogen-bond acceptors (Lipinski definition) is 2. The molecular formula is C13H21N3O. The van der Waals surface area contributed by atoms with E-state index in [-0.39, 0.29) is 12.1 Å². The first-order chi connectivity index (χ1) is 8.17. The molecule has 0 aliphatic carbocycles. The number of carbonyl (C=O) groups is 1. The van der Waals surface area contributed by atoms with E-state index in [2.05, 4.69) is 17.2 Å². The second-order valence-corrected chi connectivity index (χ2v) is 4.13. The Morgan fingerprint density at radius 2 is 2.06 bits per heavy atom. The normalized spacial score (nSPS) is 11.9. The summed E-state index contributed by atoms with van der Waals surface area (Å²) in [6, 6.07) is 4.07. The summed E-state index contributed by atoms with van der Waals surface area (Å²) < 4.78 is 0. The van der Waals surface area contributed by atoms with Crippen LogP contribution < -0.4 is 5.32 Å². The monoisotopic (exact) mass is 235 g/mol. The van der Waals surface area contributed by atoms with Gasteiger partial charge in [-0.25, -0.2) is 4.79 Å².